The molecule has 2 aliphatic carbocycles. The number of allylic oxidation sites excluding steroid dienone is 4. The number of nitro benzene ring substituents is 2. The highest BCUT2D eigenvalue weighted by Crippen LogP contribution is 2.45. The van der Waals surface area contributed by atoms with Gasteiger partial charge in [-0.1, -0.05) is 161 Å². The van der Waals surface area contributed by atoms with Gasteiger partial charge < -0.3 is 9.47 Å². The summed E-state index contributed by atoms with van der Waals surface area (Å²) in [4.78, 5) is 48.4. The Balaban J connectivity index is 0.000000234. The van der Waals surface area contributed by atoms with E-state index in [2.05, 4.69) is 25.3 Å². The minimum atomic E-state index is -0.662. The Labute approximate surface area is 365 Å². The maximum Gasteiger partial charge on any atom is 0.334 e. The van der Waals surface area contributed by atoms with Crippen LogP contribution in [0.5, 0.6) is 0 Å². The monoisotopic (exact) mass is 838 g/mol. The van der Waals surface area contributed by atoms with Gasteiger partial charge in [0.2, 0.25) is 0 Å². The molecule has 2 saturated carbocycles. The zero-order valence-electron chi connectivity index (χ0n) is 35.9. The molecule has 0 saturated heterocycles. The highest BCUT2D eigenvalue weighted by molar-refractivity contribution is 5.96. The maximum absolute atomic E-state index is 12.7. The van der Waals surface area contributed by atoms with E-state index in [0.29, 0.717) is 23.0 Å². The first-order valence-corrected chi connectivity index (χ1v) is 21.8. The summed E-state index contributed by atoms with van der Waals surface area (Å²) < 4.78 is 10.5. The number of hydrogen-bond donors (Lipinski definition) is 0. The number of ether oxygens (including phenoxy) is 2. The van der Waals surface area contributed by atoms with Gasteiger partial charge in [0, 0.05) is 46.2 Å². The first-order chi connectivity index (χ1) is 30.0. The average molecular weight is 839 g/mol. The normalized spacial score (nSPS) is 15.8. The third kappa shape index (κ3) is 12.3. The van der Waals surface area contributed by atoms with E-state index in [1.807, 2.05) is 60.7 Å². The molecule has 0 bridgehead atoms. The van der Waals surface area contributed by atoms with Crippen molar-refractivity contribution in [2.75, 3.05) is 13.2 Å². The number of nitrogens with zero attached hydrogens (tertiary/aromatic N) is 2. The third-order valence-corrected chi connectivity index (χ3v) is 11.6. The Bertz CT molecular complexity index is 2080. The predicted molar refractivity (Wildman–Crippen MR) is 245 cm³/mol. The van der Waals surface area contributed by atoms with Gasteiger partial charge in [-0.3, -0.25) is 20.2 Å². The molecule has 4 aromatic rings. The van der Waals surface area contributed by atoms with E-state index >= 15 is 0 Å². The van der Waals surface area contributed by atoms with Crippen LogP contribution in [-0.4, -0.2) is 35.0 Å². The van der Waals surface area contributed by atoms with E-state index in [0.717, 1.165) is 73.6 Å². The number of para-hydroxylation sites is 2. The number of benzene rings is 4. The molecule has 6 rings (SSSR count). The van der Waals surface area contributed by atoms with Crippen LogP contribution in [0.2, 0.25) is 0 Å². The number of nitro groups is 2. The van der Waals surface area contributed by atoms with Crippen molar-refractivity contribution in [2.24, 2.45) is 11.8 Å². The fourth-order valence-corrected chi connectivity index (χ4v) is 8.65. The van der Waals surface area contributed by atoms with Crippen LogP contribution >= 0.6 is 0 Å². The molecule has 0 radical (unpaired) electrons. The van der Waals surface area contributed by atoms with E-state index in [1.165, 1.54) is 25.0 Å². The summed E-state index contributed by atoms with van der Waals surface area (Å²) in [6.45, 7) is 12.0. The van der Waals surface area contributed by atoms with Crippen LogP contribution in [0.3, 0.4) is 0 Å². The highest BCUT2D eigenvalue weighted by atomic mass is 16.6. The molecule has 0 unspecified atom stereocenters. The van der Waals surface area contributed by atoms with Crippen LogP contribution in [0.25, 0.3) is 11.1 Å². The van der Waals surface area contributed by atoms with Crippen molar-refractivity contribution in [3.8, 4) is 0 Å². The van der Waals surface area contributed by atoms with Gasteiger partial charge in [-0.05, 0) is 73.6 Å². The van der Waals surface area contributed by atoms with E-state index in [9.17, 15) is 29.8 Å². The minimum Gasteiger partial charge on any atom is -0.463 e. The molecule has 0 amide bonds. The second-order valence-electron chi connectivity index (χ2n) is 15.8. The molecule has 0 N–H and O–H groups in total. The molecule has 62 heavy (non-hydrogen) atoms. The Kier molecular flexibility index (Phi) is 17.7. The Morgan fingerprint density at radius 1 is 0.565 bits per heavy atom. The van der Waals surface area contributed by atoms with Crippen molar-refractivity contribution in [3.05, 3.63) is 188 Å². The van der Waals surface area contributed by atoms with Crippen molar-refractivity contribution >= 4 is 34.5 Å². The van der Waals surface area contributed by atoms with Crippen LogP contribution in [0.1, 0.15) is 112 Å². The van der Waals surface area contributed by atoms with E-state index in [-0.39, 0.29) is 35.7 Å². The topological polar surface area (TPSA) is 139 Å². The molecule has 4 aromatic carbocycles. The van der Waals surface area contributed by atoms with Crippen molar-refractivity contribution in [3.63, 3.8) is 0 Å². The number of carbonyl (C=O) groups excluding carboxylic acids is 2. The third-order valence-electron chi connectivity index (χ3n) is 11.6. The zero-order valence-corrected chi connectivity index (χ0v) is 35.9. The molecule has 0 aromatic heterocycles. The summed E-state index contributed by atoms with van der Waals surface area (Å²) in [7, 11) is 0. The van der Waals surface area contributed by atoms with Gasteiger partial charge in [0.25, 0.3) is 11.4 Å². The lowest BCUT2D eigenvalue weighted by molar-refractivity contribution is -0.385. The molecule has 2 atom stereocenters. The number of carbonyl (C=O) groups is 2. The lowest BCUT2D eigenvalue weighted by Crippen LogP contribution is -2.17. The smallest absolute Gasteiger partial charge is 0.334 e. The standard InChI is InChI=1S/2C26H29NO4/c2*1-3-31-26(28)19(2)25(22-16-10-11-17-24(22)27(29)30)23(21-14-8-5-9-15-21)18-20-12-6-4-7-13-20/h2*5,8-11,14-18,20,25H,2-4,6-7,12-13H2,1H3/b2*23-18+/t2*25-/m11/s1. The summed E-state index contributed by atoms with van der Waals surface area (Å²) in [6, 6.07) is 32.7. The van der Waals surface area contributed by atoms with Crippen molar-refractivity contribution in [1.82, 2.24) is 0 Å². The first-order valence-electron chi connectivity index (χ1n) is 21.8. The molecule has 2 fully saturated rings. The maximum atomic E-state index is 12.7. The Morgan fingerprint density at radius 3 is 1.21 bits per heavy atom. The largest absolute Gasteiger partial charge is 0.463 e. The van der Waals surface area contributed by atoms with E-state index in [4.69, 9.17) is 9.47 Å². The van der Waals surface area contributed by atoms with Crippen LogP contribution < -0.4 is 0 Å². The van der Waals surface area contributed by atoms with E-state index < -0.39 is 33.6 Å². The Morgan fingerprint density at radius 2 is 0.887 bits per heavy atom. The van der Waals surface area contributed by atoms with Crippen LogP contribution in [0.4, 0.5) is 11.4 Å². The van der Waals surface area contributed by atoms with Gasteiger partial charge in [0.05, 0.1) is 23.1 Å². The van der Waals surface area contributed by atoms with Crippen molar-refractivity contribution in [2.45, 2.75) is 89.9 Å². The molecule has 10 nitrogen and oxygen atoms in total. The Hall–Kier alpha value is -6.42. The summed E-state index contributed by atoms with van der Waals surface area (Å²) in [5.74, 6) is -1.66. The molecule has 0 aliphatic heterocycles. The SMILES string of the molecule is C=C(C(=O)OCC)[C@@H](/C(=C/C1CCCCC1)c1ccccc1)c1ccccc1[N+](=O)[O-].C=C(C(=O)OCC)[C@@H](/C(=C/C1CCCCC1)c1ccccc1)c1ccccc1[N+](=O)[O-]. The molecular weight excluding hydrogens is 781 g/mol. The van der Waals surface area contributed by atoms with Gasteiger partial charge >= 0.3 is 11.9 Å². The lowest BCUT2D eigenvalue weighted by atomic mass is 9.78. The minimum absolute atomic E-state index is 0.0246. The summed E-state index contributed by atoms with van der Waals surface area (Å²) in [6.07, 6.45) is 15.8. The molecule has 2 aliphatic rings. The summed E-state index contributed by atoms with van der Waals surface area (Å²) in [5, 5.41) is 23.7. The van der Waals surface area contributed by atoms with Gasteiger partial charge in [-0.15, -0.1) is 0 Å². The predicted octanol–water partition coefficient (Wildman–Crippen LogP) is 12.9. The second kappa shape index (κ2) is 23.5. The van der Waals surface area contributed by atoms with Crippen LogP contribution in [-0.2, 0) is 19.1 Å². The zero-order chi connectivity index (χ0) is 44.4. The number of hydrogen-bond acceptors (Lipinski definition) is 8. The van der Waals surface area contributed by atoms with Crippen molar-refractivity contribution in [1.29, 1.82) is 0 Å². The fraction of sp³-hybridized carbons (Fsp3) is 0.346. The second-order valence-corrected chi connectivity index (χ2v) is 15.8. The molecule has 324 valence electrons. The highest BCUT2D eigenvalue weighted by Gasteiger charge is 2.34. The molecular formula is C52H58N2O8. The van der Waals surface area contributed by atoms with Crippen LogP contribution in [0, 0.1) is 32.1 Å². The molecule has 0 heterocycles. The van der Waals surface area contributed by atoms with E-state index in [1.54, 1.807) is 50.2 Å². The summed E-state index contributed by atoms with van der Waals surface area (Å²) in [5.41, 5.74) is 4.90. The van der Waals surface area contributed by atoms with Gasteiger partial charge in [0.1, 0.15) is 0 Å². The lowest BCUT2D eigenvalue weighted by Gasteiger charge is -2.26. The van der Waals surface area contributed by atoms with Crippen molar-refractivity contribution < 1.29 is 28.9 Å². The quantitative estimate of drug-likeness (QED) is 0.0470. The number of rotatable bonds is 16. The average Bonchev–Trinajstić information content (AvgIpc) is 3.30. The number of esters is 2. The van der Waals surface area contributed by atoms with Gasteiger partial charge in [-0.2, -0.15) is 0 Å². The van der Waals surface area contributed by atoms with Gasteiger partial charge in [0.15, 0.2) is 0 Å². The molecule has 0 spiro atoms. The van der Waals surface area contributed by atoms with Gasteiger partial charge in [-0.25, -0.2) is 9.59 Å². The first kappa shape index (κ1) is 46.6. The van der Waals surface area contributed by atoms with Crippen LogP contribution in [0.15, 0.2) is 146 Å². The fourth-order valence-electron chi connectivity index (χ4n) is 8.65. The molecule has 10 heteroatoms. The summed E-state index contributed by atoms with van der Waals surface area (Å²) >= 11 is 0.